The van der Waals surface area contributed by atoms with Crippen molar-refractivity contribution in [3.63, 3.8) is 0 Å². The fourth-order valence-electron chi connectivity index (χ4n) is 16.7. The molecule has 5 atom stereocenters. The highest BCUT2D eigenvalue weighted by Crippen LogP contribution is 2.43. The van der Waals surface area contributed by atoms with Crippen molar-refractivity contribution >= 4 is 162 Å². The number of nitrogens with zero attached hydrogens (tertiary/aromatic N) is 8. The maximum absolute atomic E-state index is 6.59. The molecular weight excluding hydrogens is 1740 g/mol. The molecule has 0 bridgehead atoms. The lowest BCUT2D eigenvalue weighted by Gasteiger charge is -2.44. The maximum Gasteiger partial charge on any atom is 0.123 e. The molecule has 21 heteroatoms. The van der Waals surface area contributed by atoms with Crippen LogP contribution in [0.2, 0.25) is 60.3 Å². The summed E-state index contributed by atoms with van der Waals surface area (Å²) < 4.78 is 5.55. The second-order valence-corrected chi connectivity index (χ2v) is 36.2. The van der Waals surface area contributed by atoms with E-state index in [1.165, 1.54) is 55.6 Å². The Hall–Kier alpha value is -7.04. The van der Waals surface area contributed by atoms with Gasteiger partial charge in [-0.1, -0.05) is 292 Å². The molecular formula is C99H98Cl12N8O. The van der Waals surface area contributed by atoms with E-state index in [1.54, 1.807) is 13.2 Å². The number of hydrogen-bond acceptors (Lipinski definition) is 9. The molecule has 9 nitrogen and oxygen atoms in total. The van der Waals surface area contributed by atoms with Gasteiger partial charge in [0.05, 0.1) is 74.1 Å². The van der Waals surface area contributed by atoms with Crippen molar-refractivity contribution in [2.24, 2.45) is 0 Å². The molecule has 4 saturated heterocycles. The summed E-state index contributed by atoms with van der Waals surface area (Å²) in [5.74, 6) is 1.39. The van der Waals surface area contributed by atoms with Gasteiger partial charge in [-0.25, -0.2) is 0 Å². The Bertz CT molecular complexity index is 5270. The normalized spacial score (nSPS) is 17.6. The third kappa shape index (κ3) is 24.5. The topological polar surface area (TPSA) is 35.2 Å². The maximum atomic E-state index is 6.59. The van der Waals surface area contributed by atoms with Crippen molar-refractivity contribution < 1.29 is 4.74 Å². The fraction of sp³-hybridized carbons (Fsp3) is 0.273. The molecule has 624 valence electrons. The van der Waals surface area contributed by atoms with E-state index in [-0.39, 0.29) is 24.2 Å². The molecule has 4 fully saturated rings. The van der Waals surface area contributed by atoms with Gasteiger partial charge in [0.15, 0.2) is 0 Å². The van der Waals surface area contributed by atoms with Crippen molar-refractivity contribution in [3.8, 4) is 5.75 Å². The highest BCUT2D eigenvalue weighted by molar-refractivity contribution is 6.38. The van der Waals surface area contributed by atoms with Gasteiger partial charge in [0, 0.05) is 144 Å². The monoisotopic (exact) mass is 1830 g/mol. The van der Waals surface area contributed by atoms with E-state index < -0.39 is 0 Å². The largest absolute Gasteiger partial charge is 0.496 e. The summed E-state index contributed by atoms with van der Waals surface area (Å²) in [7, 11) is 1.72. The van der Waals surface area contributed by atoms with E-state index in [4.69, 9.17) is 144 Å². The van der Waals surface area contributed by atoms with Crippen LogP contribution in [0.3, 0.4) is 0 Å². The van der Waals surface area contributed by atoms with Crippen molar-refractivity contribution in [2.45, 2.75) is 76.8 Å². The Balaban J connectivity index is 0.000000138. The Morgan fingerprint density at radius 3 is 1.03 bits per heavy atom. The number of hydrogen-bond donors (Lipinski definition) is 0. The molecule has 0 saturated carbocycles. The molecule has 12 aromatic rings. The van der Waals surface area contributed by atoms with Crippen molar-refractivity contribution in [3.05, 3.63) is 389 Å². The second kappa shape index (κ2) is 44.0. The average Bonchev–Trinajstić information content (AvgIpc) is 0.804. The summed E-state index contributed by atoms with van der Waals surface area (Å²) in [6.07, 6.45) is 2.26. The van der Waals surface area contributed by atoms with E-state index >= 15 is 0 Å². The number of benzene rings is 12. The van der Waals surface area contributed by atoms with Gasteiger partial charge in [-0.3, -0.25) is 19.6 Å². The fourth-order valence-corrected chi connectivity index (χ4v) is 19.3. The van der Waals surface area contributed by atoms with Crippen LogP contribution in [-0.4, -0.2) is 118 Å². The standard InChI is InChI=1S/3C25H25Cl3N2.C24H23Cl3N2O/c1-17-4-3-5-18(2)22(17)15-29-12-13-30(24-11-10-21(27)14-23(24)28)25(16-29)19-6-8-20(26)9-7-19;1-18(19-5-3-2-4-6-19)16-29-13-14-30(24-12-11-22(27)15-23(24)28)25(17-29)20-7-9-21(26)10-8-20;26-21-10-8-20(9-11-21)25-18-29(14-4-7-19-5-2-1-3-6-19)15-16-30(25)24-13-12-22(27)17-23(24)28;1-30-24-5-3-2-4-18(24)15-28-12-13-29(22-11-10-20(26)14-21(22)27)23(16-28)17-6-8-19(25)9-7-17/h3-11,14,25H,12-13,15-16H2,1-2H3;2-12,15,18,25H,13-14,16-17H2,1H3;1-3,5-6,8-13,17,25H,4,7,14-16,18H2;2-11,14,23H,12-13,15-16H2,1H3. The van der Waals surface area contributed by atoms with Crippen molar-refractivity contribution in [1.29, 1.82) is 0 Å². The number of piperazine rings is 4. The molecule has 5 unspecified atom stereocenters. The lowest BCUT2D eigenvalue weighted by molar-refractivity contribution is 0.213. The number of rotatable bonds is 20. The molecule has 4 heterocycles. The third-order valence-corrected chi connectivity index (χ3v) is 26.2. The van der Waals surface area contributed by atoms with E-state index in [0.717, 1.165) is 166 Å². The summed E-state index contributed by atoms with van der Waals surface area (Å²) in [5.41, 5.74) is 17.1. The second-order valence-electron chi connectivity index (χ2n) is 31.0. The van der Waals surface area contributed by atoms with Gasteiger partial charge >= 0.3 is 0 Å². The molecule has 0 spiro atoms. The van der Waals surface area contributed by atoms with Crippen LogP contribution in [-0.2, 0) is 19.5 Å². The predicted molar refractivity (Wildman–Crippen MR) is 514 cm³/mol. The van der Waals surface area contributed by atoms with Crippen molar-refractivity contribution in [1.82, 2.24) is 19.6 Å². The Labute approximate surface area is 769 Å². The quantitative estimate of drug-likeness (QED) is 0.0741. The van der Waals surface area contributed by atoms with Crippen LogP contribution in [0.25, 0.3) is 0 Å². The summed E-state index contributed by atoms with van der Waals surface area (Å²) >= 11 is 75.4. The average molecular weight is 1840 g/mol. The van der Waals surface area contributed by atoms with Crippen LogP contribution in [0, 0.1) is 13.8 Å². The number of aryl methyl sites for hydroxylation is 3. The van der Waals surface area contributed by atoms with Gasteiger partial charge in [0.25, 0.3) is 0 Å². The molecule has 0 radical (unpaired) electrons. The highest BCUT2D eigenvalue weighted by Gasteiger charge is 2.35. The molecule has 12 aromatic carbocycles. The van der Waals surface area contributed by atoms with E-state index in [1.807, 2.05) is 127 Å². The predicted octanol–water partition coefficient (Wildman–Crippen LogP) is 28.5. The van der Waals surface area contributed by atoms with Crippen LogP contribution >= 0.6 is 139 Å². The Morgan fingerprint density at radius 2 is 0.650 bits per heavy atom. The zero-order valence-corrected chi connectivity index (χ0v) is 76.7. The van der Waals surface area contributed by atoms with E-state index in [2.05, 4.69) is 199 Å². The molecule has 0 N–H and O–H groups in total. The number of para-hydroxylation sites is 1. The van der Waals surface area contributed by atoms with Gasteiger partial charge in [0.2, 0.25) is 0 Å². The first-order chi connectivity index (χ1) is 58.1. The summed E-state index contributed by atoms with van der Waals surface area (Å²) in [6.45, 7) is 21.7. The zero-order chi connectivity index (χ0) is 84.3. The van der Waals surface area contributed by atoms with Gasteiger partial charge in [-0.2, -0.15) is 0 Å². The minimum absolute atomic E-state index is 0.143. The molecule has 4 aliphatic heterocycles. The van der Waals surface area contributed by atoms with Crippen LogP contribution in [0.15, 0.2) is 273 Å². The lowest BCUT2D eigenvalue weighted by atomic mass is 9.97. The summed E-state index contributed by atoms with van der Waals surface area (Å²) in [5, 5.41) is 8.33. The number of halogens is 12. The minimum Gasteiger partial charge on any atom is -0.496 e. The number of anilines is 4. The molecule has 120 heavy (non-hydrogen) atoms. The smallest absolute Gasteiger partial charge is 0.123 e. The van der Waals surface area contributed by atoms with Gasteiger partial charge in [-0.15, -0.1) is 0 Å². The molecule has 4 aliphatic rings. The van der Waals surface area contributed by atoms with E-state index in [0.29, 0.717) is 46.1 Å². The van der Waals surface area contributed by atoms with Crippen LogP contribution < -0.4 is 24.3 Å². The first-order valence-corrected chi connectivity index (χ1v) is 45.2. The SMILES string of the molecule is CC(CN1CCN(c2ccc(Cl)cc2Cl)C(c2ccc(Cl)cc2)C1)c1ccccc1.COc1ccccc1CN1CCN(c2ccc(Cl)cc2Cl)C(c2ccc(Cl)cc2)C1.Cc1cccc(C)c1CN1CCN(c2ccc(Cl)cc2Cl)C(c2ccc(Cl)cc2)C1.Clc1ccc(C2CN(CCCc3ccccc3)CCN2c2ccc(Cl)cc2Cl)cc1. The first-order valence-electron chi connectivity index (χ1n) is 40.6. The molecule has 16 rings (SSSR count). The number of methoxy groups -OCH3 is 1. The van der Waals surface area contributed by atoms with Gasteiger partial charge in [-0.05, 0) is 217 Å². The highest BCUT2D eigenvalue weighted by atomic mass is 35.5. The van der Waals surface area contributed by atoms with E-state index in [9.17, 15) is 0 Å². The van der Waals surface area contributed by atoms with Crippen LogP contribution in [0.5, 0.6) is 5.75 Å². The Kier molecular flexibility index (Phi) is 33.3. The molecule has 0 aliphatic carbocycles. The molecule has 0 amide bonds. The minimum atomic E-state index is 0.143. The zero-order valence-electron chi connectivity index (χ0n) is 67.6. The van der Waals surface area contributed by atoms with Crippen LogP contribution in [0.1, 0.15) is 99.1 Å². The van der Waals surface area contributed by atoms with Gasteiger partial charge < -0.3 is 24.3 Å². The lowest BCUT2D eigenvalue weighted by Crippen LogP contribution is -2.49. The first kappa shape index (κ1) is 90.7. The Morgan fingerprint density at radius 1 is 0.325 bits per heavy atom. The summed E-state index contributed by atoms with van der Waals surface area (Å²) in [6, 6.07) is 92.4. The third-order valence-electron chi connectivity index (χ3n) is 23.0. The number of ether oxygens (including phenoxy) is 1. The molecule has 0 aromatic heterocycles. The van der Waals surface area contributed by atoms with Crippen molar-refractivity contribution in [2.75, 3.05) is 118 Å². The van der Waals surface area contributed by atoms with Gasteiger partial charge in [0.1, 0.15) is 5.75 Å². The van der Waals surface area contributed by atoms with Crippen LogP contribution in [0.4, 0.5) is 22.7 Å². The summed E-state index contributed by atoms with van der Waals surface area (Å²) in [4.78, 5) is 19.6.